The van der Waals surface area contributed by atoms with Gasteiger partial charge in [0.05, 0.1) is 16.6 Å². The molecule has 6 heteroatoms. The van der Waals surface area contributed by atoms with Gasteiger partial charge in [0.15, 0.2) is 0 Å². The van der Waals surface area contributed by atoms with Gasteiger partial charge in [0.1, 0.15) is 6.54 Å². The maximum absolute atomic E-state index is 13.3. The van der Waals surface area contributed by atoms with Gasteiger partial charge in [-0.1, -0.05) is 66.2 Å². The molecule has 0 bridgehead atoms. The molecule has 0 aliphatic rings. The Morgan fingerprint density at radius 3 is 2.03 bits per heavy atom. The van der Waals surface area contributed by atoms with Crippen molar-refractivity contribution in [1.29, 1.82) is 0 Å². The fraction of sp³-hybridized carbons (Fsp3) is 0.174. The first kappa shape index (κ1) is 20.6. The van der Waals surface area contributed by atoms with Crippen LogP contribution in [0.4, 0.5) is 5.69 Å². The van der Waals surface area contributed by atoms with Gasteiger partial charge >= 0.3 is 0 Å². The maximum atomic E-state index is 13.3. The average molecular weight is 409 g/mol. The SMILES string of the molecule is Cc1ccc(N(CC(=O)N[C@@H](C)c2ccccc2)S(=O)(=O)c2ccccc2)cc1. The number of benzene rings is 3. The van der Waals surface area contributed by atoms with Crippen molar-refractivity contribution >= 4 is 21.6 Å². The van der Waals surface area contributed by atoms with E-state index in [1.807, 2.05) is 56.3 Å². The molecule has 3 aromatic carbocycles. The number of nitrogens with zero attached hydrogens (tertiary/aromatic N) is 1. The summed E-state index contributed by atoms with van der Waals surface area (Å²) < 4.78 is 27.7. The number of amides is 1. The van der Waals surface area contributed by atoms with Crippen molar-refractivity contribution in [1.82, 2.24) is 5.32 Å². The molecule has 0 heterocycles. The maximum Gasteiger partial charge on any atom is 0.264 e. The lowest BCUT2D eigenvalue weighted by Gasteiger charge is -2.25. The van der Waals surface area contributed by atoms with Gasteiger partial charge in [-0.25, -0.2) is 8.42 Å². The van der Waals surface area contributed by atoms with Crippen LogP contribution < -0.4 is 9.62 Å². The second kappa shape index (κ2) is 8.92. The van der Waals surface area contributed by atoms with Crippen molar-refractivity contribution in [3.63, 3.8) is 0 Å². The van der Waals surface area contributed by atoms with Crippen LogP contribution in [-0.4, -0.2) is 20.9 Å². The highest BCUT2D eigenvalue weighted by molar-refractivity contribution is 7.92. The zero-order valence-electron chi connectivity index (χ0n) is 16.4. The summed E-state index contributed by atoms with van der Waals surface area (Å²) in [5.74, 6) is -0.374. The minimum absolute atomic E-state index is 0.143. The number of aryl methyl sites for hydroxylation is 1. The molecule has 0 saturated carbocycles. The van der Waals surface area contributed by atoms with Crippen molar-refractivity contribution in [2.24, 2.45) is 0 Å². The van der Waals surface area contributed by atoms with Crippen LogP contribution in [0.1, 0.15) is 24.1 Å². The Labute approximate surface area is 172 Å². The number of anilines is 1. The largest absolute Gasteiger partial charge is 0.348 e. The summed E-state index contributed by atoms with van der Waals surface area (Å²) in [5, 5.41) is 2.89. The summed E-state index contributed by atoms with van der Waals surface area (Å²) >= 11 is 0. The van der Waals surface area contributed by atoms with Gasteiger partial charge in [-0.2, -0.15) is 0 Å². The predicted octanol–water partition coefficient (Wildman–Crippen LogP) is 4.07. The summed E-state index contributed by atoms with van der Waals surface area (Å²) in [4.78, 5) is 12.9. The van der Waals surface area contributed by atoms with Crippen LogP contribution in [0.15, 0.2) is 89.8 Å². The van der Waals surface area contributed by atoms with E-state index >= 15 is 0 Å². The lowest BCUT2D eigenvalue weighted by atomic mass is 10.1. The minimum atomic E-state index is -3.89. The Balaban J connectivity index is 1.87. The Morgan fingerprint density at radius 1 is 0.897 bits per heavy atom. The monoisotopic (exact) mass is 408 g/mol. The van der Waals surface area contributed by atoms with E-state index in [2.05, 4.69) is 5.32 Å². The molecule has 0 unspecified atom stereocenters. The number of rotatable bonds is 7. The molecule has 3 rings (SSSR count). The highest BCUT2D eigenvalue weighted by Crippen LogP contribution is 2.24. The molecule has 1 N–H and O–H groups in total. The van der Waals surface area contributed by atoms with Gasteiger partial charge in [-0.05, 0) is 43.7 Å². The van der Waals surface area contributed by atoms with E-state index in [0.29, 0.717) is 5.69 Å². The highest BCUT2D eigenvalue weighted by Gasteiger charge is 2.27. The smallest absolute Gasteiger partial charge is 0.264 e. The van der Waals surface area contributed by atoms with Gasteiger partial charge < -0.3 is 5.32 Å². The normalized spacial score (nSPS) is 12.2. The van der Waals surface area contributed by atoms with E-state index in [9.17, 15) is 13.2 Å². The van der Waals surface area contributed by atoms with Gasteiger partial charge in [-0.15, -0.1) is 0 Å². The van der Waals surface area contributed by atoms with Gasteiger partial charge in [0.25, 0.3) is 10.0 Å². The Kier molecular flexibility index (Phi) is 6.34. The second-order valence-corrected chi connectivity index (χ2v) is 8.72. The summed E-state index contributed by atoms with van der Waals surface area (Å²) in [5.41, 5.74) is 2.41. The molecule has 0 saturated heterocycles. The van der Waals surface area contributed by atoms with Crippen LogP contribution >= 0.6 is 0 Å². The molecule has 5 nitrogen and oxygen atoms in total. The summed E-state index contributed by atoms with van der Waals surface area (Å²) in [6.45, 7) is 3.49. The molecule has 150 valence electrons. The van der Waals surface area contributed by atoms with Crippen LogP contribution in [0.5, 0.6) is 0 Å². The lowest BCUT2D eigenvalue weighted by Crippen LogP contribution is -2.41. The third kappa shape index (κ3) is 5.03. The van der Waals surface area contributed by atoms with E-state index < -0.39 is 10.0 Å². The third-order valence-electron chi connectivity index (χ3n) is 4.62. The van der Waals surface area contributed by atoms with Gasteiger partial charge in [0.2, 0.25) is 5.91 Å². The number of nitrogens with one attached hydrogen (secondary N) is 1. The Morgan fingerprint density at radius 2 is 1.45 bits per heavy atom. The lowest BCUT2D eigenvalue weighted by molar-refractivity contribution is -0.120. The molecule has 0 spiro atoms. The van der Waals surface area contributed by atoms with Gasteiger partial charge in [-0.3, -0.25) is 9.10 Å². The zero-order valence-corrected chi connectivity index (χ0v) is 17.3. The topological polar surface area (TPSA) is 66.5 Å². The molecule has 0 aliphatic carbocycles. The van der Waals surface area contributed by atoms with E-state index in [1.165, 1.54) is 12.1 Å². The third-order valence-corrected chi connectivity index (χ3v) is 6.41. The van der Waals surface area contributed by atoms with Crippen molar-refractivity contribution in [2.75, 3.05) is 10.8 Å². The quantitative estimate of drug-likeness (QED) is 0.641. The molecule has 0 fully saturated rings. The van der Waals surface area contributed by atoms with E-state index in [1.54, 1.807) is 30.3 Å². The van der Waals surface area contributed by atoms with Crippen molar-refractivity contribution in [3.05, 3.63) is 96.1 Å². The summed E-state index contributed by atoms with van der Waals surface area (Å²) in [6, 6.07) is 24.5. The van der Waals surface area contributed by atoms with Crippen molar-refractivity contribution in [2.45, 2.75) is 24.8 Å². The number of carbonyl (C=O) groups is 1. The fourth-order valence-corrected chi connectivity index (χ4v) is 4.43. The van der Waals surface area contributed by atoms with Crippen LogP contribution in [-0.2, 0) is 14.8 Å². The zero-order chi connectivity index (χ0) is 20.9. The second-order valence-electron chi connectivity index (χ2n) is 6.86. The molecule has 29 heavy (non-hydrogen) atoms. The number of hydrogen-bond acceptors (Lipinski definition) is 3. The van der Waals surface area contributed by atoms with E-state index in [-0.39, 0.29) is 23.4 Å². The number of carbonyl (C=O) groups excluding carboxylic acids is 1. The van der Waals surface area contributed by atoms with Crippen LogP contribution in [0.25, 0.3) is 0 Å². The molecular weight excluding hydrogens is 384 g/mol. The molecule has 0 radical (unpaired) electrons. The first-order valence-corrected chi connectivity index (χ1v) is 10.8. The van der Waals surface area contributed by atoms with Crippen molar-refractivity contribution < 1.29 is 13.2 Å². The highest BCUT2D eigenvalue weighted by atomic mass is 32.2. The fourth-order valence-electron chi connectivity index (χ4n) is 2.99. The predicted molar refractivity (Wildman–Crippen MR) is 115 cm³/mol. The number of sulfonamides is 1. The van der Waals surface area contributed by atoms with Crippen LogP contribution in [0, 0.1) is 6.92 Å². The Bertz CT molecular complexity index is 1050. The molecular formula is C23H24N2O3S. The first-order valence-electron chi connectivity index (χ1n) is 9.36. The van der Waals surface area contributed by atoms with Crippen LogP contribution in [0.3, 0.4) is 0 Å². The molecule has 0 aliphatic heterocycles. The Hall–Kier alpha value is -3.12. The van der Waals surface area contributed by atoms with Crippen molar-refractivity contribution in [3.8, 4) is 0 Å². The average Bonchev–Trinajstić information content (AvgIpc) is 2.74. The summed E-state index contributed by atoms with van der Waals surface area (Å²) in [7, 11) is -3.89. The van der Waals surface area contributed by atoms with Gasteiger partial charge in [0, 0.05) is 0 Å². The molecule has 1 atom stereocenters. The van der Waals surface area contributed by atoms with E-state index in [4.69, 9.17) is 0 Å². The standard InChI is InChI=1S/C23H24N2O3S/c1-18-13-15-21(16-14-18)25(29(27,28)22-11-7-4-8-12-22)17-23(26)24-19(2)20-9-5-3-6-10-20/h3-16,19H,17H2,1-2H3,(H,24,26)/t19-/m0/s1. The van der Waals surface area contributed by atoms with Crippen LogP contribution in [0.2, 0.25) is 0 Å². The van der Waals surface area contributed by atoms with E-state index in [0.717, 1.165) is 15.4 Å². The first-order chi connectivity index (χ1) is 13.9. The number of hydrogen-bond donors (Lipinski definition) is 1. The molecule has 3 aromatic rings. The summed E-state index contributed by atoms with van der Waals surface area (Å²) in [6.07, 6.45) is 0. The molecule has 0 aromatic heterocycles. The minimum Gasteiger partial charge on any atom is -0.348 e. The molecule has 1 amide bonds.